The molecule has 2 heterocycles. The lowest BCUT2D eigenvalue weighted by Gasteiger charge is -2.39. The summed E-state index contributed by atoms with van der Waals surface area (Å²) in [5.41, 5.74) is 1.99. The Kier molecular flexibility index (Phi) is 5.77. The van der Waals surface area contributed by atoms with Crippen LogP contribution in [-0.4, -0.2) is 52.2 Å². The number of carbonyl (C=O) groups excluding carboxylic acids is 1. The molecule has 6 nitrogen and oxygen atoms in total. The zero-order valence-electron chi connectivity index (χ0n) is 17.3. The Morgan fingerprint density at radius 1 is 1.07 bits per heavy atom. The minimum absolute atomic E-state index is 0.228. The lowest BCUT2D eigenvalue weighted by Crippen LogP contribution is -2.45. The Hall–Kier alpha value is -2.86. The number of rotatable bonds is 6. The first-order chi connectivity index (χ1) is 14.4. The van der Waals surface area contributed by atoms with Gasteiger partial charge < -0.3 is 9.84 Å². The SMILES string of the molecule is CC1(C2CCN(Cc3cccc(C(=O)O)c3)CC2)CN(Cc2ccccc2)C(=O)O1. The molecule has 2 aliphatic heterocycles. The van der Waals surface area contributed by atoms with Gasteiger partial charge in [-0.05, 0) is 56.1 Å². The Balaban J connectivity index is 1.33. The van der Waals surface area contributed by atoms with E-state index in [-0.39, 0.29) is 6.09 Å². The average Bonchev–Trinajstić information content (AvgIpc) is 3.03. The molecule has 2 aromatic carbocycles. The summed E-state index contributed by atoms with van der Waals surface area (Å²) in [5.74, 6) is -0.574. The van der Waals surface area contributed by atoms with Crippen molar-refractivity contribution in [1.29, 1.82) is 0 Å². The van der Waals surface area contributed by atoms with Crippen LogP contribution in [0.1, 0.15) is 41.3 Å². The molecule has 1 amide bonds. The van der Waals surface area contributed by atoms with Crippen molar-refractivity contribution >= 4 is 12.1 Å². The van der Waals surface area contributed by atoms with Crippen molar-refractivity contribution in [3.63, 3.8) is 0 Å². The normalized spacial score (nSPS) is 22.8. The molecule has 30 heavy (non-hydrogen) atoms. The highest BCUT2D eigenvalue weighted by Gasteiger charge is 2.47. The summed E-state index contributed by atoms with van der Waals surface area (Å²) in [4.78, 5) is 27.8. The minimum atomic E-state index is -0.897. The Morgan fingerprint density at radius 3 is 2.47 bits per heavy atom. The molecule has 0 aromatic heterocycles. The number of piperidine rings is 1. The number of hydrogen-bond donors (Lipinski definition) is 1. The summed E-state index contributed by atoms with van der Waals surface area (Å²) in [5, 5.41) is 9.18. The molecule has 1 atom stereocenters. The van der Waals surface area contributed by atoms with E-state index in [1.54, 1.807) is 23.1 Å². The third kappa shape index (κ3) is 4.49. The second kappa shape index (κ2) is 8.48. The zero-order chi connectivity index (χ0) is 21.1. The number of carboxylic acids is 1. The Labute approximate surface area is 177 Å². The van der Waals surface area contributed by atoms with Gasteiger partial charge >= 0.3 is 12.1 Å². The fourth-order valence-electron chi connectivity index (χ4n) is 4.64. The van der Waals surface area contributed by atoms with Gasteiger partial charge in [-0.3, -0.25) is 9.80 Å². The highest BCUT2D eigenvalue weighted by atomic mass is 16.6. The topological polar surface area (TPSA) is 70.1 Å². The number of hydrogen-bond acceptors (Lipinski definition) is 4. The van der Waals surface area contributed by atoms with E-state index in [4.69, 9.17) is 4.74 Å². The predicted octanol–water partition coefficient (Wildman–Crippen LogP) is 4.01. The number of amides is 1. The molecule has 0 spiro atoms. The minimum Gasteiger partial charge on any atom is -0.478 e. The first-order valence-corrected chi connectivity index (χ1v) is 10.5. The molecule has 6 heteroatoms. The molecule has 0 radical (unpaired) electrons. The number of benzene rings is 2. The van der Waals surface area contributed by atoms with Crippen LogP contribution in [-0.2, 0) is 17.8 Å². The third-order valence-electron chi connectivity index (χ3n) is 6.33. The molecule has 2 fully saturated rings. The molecule has 1 N–H and O–H groups in total. The second-order valence-corrected chi connectivity index (χ2v) is 8.58. The summed E-state index contributed by atoms with van der Waals surface area (Å²) < 4.78 is 5.87. The number of carbonyl (C=O) groups is 2. The molecular formula is C24H28N2O4. The molecule has 4 rings (SSSR count). The fraction of sp³-hybridized carbons (Fsp3) is 0.417. The standard InChI is InChI=1S/C24H28N2O4/c1-24(17-26(23(29)30-24)16-18-6-3-2-4-7-18)21-10-12-25(13-11-21)15-19-8-5-9-20(14-19)22(27)28/h2-9,14,21H,10-13,15-17H2,1H3,(H,27,28). The number of aromatic carboxylic acids is 1. The molecule has 1 unspecified atom stereocenters. The molecule has 2 saturated heterocycles. The van der Waals surface area contributed by atoms with Gasteiger partial charge in [0.2, 0.25) is 0 Å². The van der Waals surface area contributed by atoms with Crippen molar-refractivity contribution in [3.05, 3.63) is 71.3 Å². The van der Waals surface area contributed by atoms with Crippen LogP contribution in [0.5, 0.6) is 0 Å². The summed E-state index contributed by atoms with van der Waals surface area (Å²) in [6.07, 6.45) is 1.69. The molecule has 0 saturated carbocycles. The van der Waals surface area contributed by atoms with Gasteiger partial charge in [-0.15, -0.1) is 0 Å². The van der Waals surface area contributed by atoms with E-state index < -0.39 is 11.6 Å². The van der Waals surface area contributed by atoms with E-state index in [0.29, 0.717) is 24.6 Å². The first-order valence-electron chi connectivity index (χ1n) is 10.5. The van der Waals surface area contributed by atoms with Crippen molar-refractivity contribution in [2.75, 3.05) is 19.6 Å². The molecular weight excluding hydrogens is 380 g/mol. The van der Waals surface area contributed by atoms with E-state index in [1.807, 2.05) is 36.4 Å². The van der Waals surface area contributed by atoms with E-state index >= 15 is 0 Å². The maximum atomic E-state index is 12.5. The molecule has 2 aliphatic rings. The maximum absolute atomic E-state index is 12.5. The van der Waals surface area contributed by atoms with Crippen molar-refractivity contribution in [1.82, 2.24) is 9.80 Å². The second-order valence-electron chi connectivity index (χ2n) is 8.58. The summed E-state index contributed by atoms with van der Waals surface area (Å²) in [6.45, 7) is 5.82. The highest BCUT2D eigenvalue weighted by molar-refractivity contribution is 5.87. The van der Waals surface area contributed by atoms with Gasteiger partial charge in [0.15, 0.2) is 0 Å². The van der Waals surface area contributed by atoms with Crippen LogP contribution in [0.3, 0.4) is 0 Å². The van der Waals surface area contributed by atoms with Crippen LogP contribution in [0.4, 0.5) is 4.79 Å². The van der Waals surface area contributed by atoms with Crippen molar-refractivity contribution in [2.24, 2.45) is 5.92 Å². The van der Waals surface area contributed by atoms with E-state index in [2.05, 4.69) is 11.8 Å². The van der Waals surface area contributed by atoms with Gasteiger partial charge in [-0.2, -0.15) is 0 Å². The third-order valence-corrected chi connectivity index (χ3v) is 6.33. The number of nitrogens with zero attached hydrogens (tertiary/aromatic N) is 2. The number of likely N-dealkylation sites (tertiary alicyclic amines) is 1. The van der Waals surface area contributed by atoms with Gasteiger partial charge in [-0.25, -0.2) is 9.59 Å². The summed E-state index contributed by atoms with van der Waals surface area (Å²) in [6, 6.07) is 17.1. The molecule has 0 aliphatic carbocycles. The largest absolute Gasteiger partial charge is 0.478 e. The monoisotopic (exact) mass is 408 g/mol. The van der Waals surface area contributed by atoms with Crippen molar-refractivity contribution in [3.8, 4) is 0 Å². The first kappa shape index (κ1) is 20.4. The number of carboxylic acid groups (broad SMARTS) is 1. The van der Waals surface area contributed by atoms with Gasteiger partial charge in [0.25, 0.3) is 0 Å². The quantitative estimate of drug-likeness (QED) is 0.782. The Bertz CT molecular complexity index is 908. The van der Waals surface area contributed by atoms with Crippen LogP contribution < -0.4 is 0 Å². The van der Waals surface area contributed by atoms with Gasteiger partial charge in [0.05, 0.1) is 12.1 Å². The lowest BCUT2D eigenvalue weighted by atomic mass is 9.81. The van der Waals surface area contributed by atoms with Gasteiger partial charge in [0, 0.05) is 19.0 Å². The Morgan fingerprint density at radius 2 is 1.77 bits per heavy atom. The van der Waals surface area contributed by atoms with E-state index in [9.17, 15) is 14.7 Å². The van der Waals surface area contributed by atoms with Crippen LogP contribution in [0.25, 0.3) is 0 Å². The molecule has 0 bridgehead atoms. The van der Waals surface area contributed by atoms with Gasteiger partial charge in [-0.1, -0.05) is 42.5 Å². The lowest BCUT2D eigenvalue weighted by molar-refractivity contribution is -0.00713. The molecule has 2 aromatic rings. The molecule has 158 valence electrons. The van der Waals surface area contributed by atoms with Crippen LogP contribution in [0.2, 0.25) is 0 Å². The van der Waals surface area contributed by atoms with E-state index in [1.165, 1.54) is 0 Å². The zero-order valence-corrected chi connectivity index (χ0v) is 17.3. The maximum Gasteiger partial charge on any atom is 0.410 e. The van der Waals surface area contributed by atoms with Gasteiger partial charge in [0.1, 0.15) is 5.60 Å². The van der Waals surface area contributed by atoms with Crippen LogP contribution in [0.15, 0.2) is 54.6 Å². The van der Waals surface area contributed by atoms with Crippen LogP contribution >= 0.6 is 0 Å². The average molecular weight is 408 g/mol. The van der Waals surface area contributed by atoms with Crippen molar-refractivity contribution in [2.45, 2.75) is 38.5 Å². The predicted molar refractivity (Wildman–Crippen MR) is 113 cm³/mol. The van der Waals surface area contributed by atoms with Crippen molar-refractivity contribution < 1.29 is 19.4 Å². The fourth-order valence-corrected chi connectivity index (χ4v) is 4.64. The highest BCUT2D eigenvalue weighted by Crippen LogP contribution is 2.37. The summed E-state index contributed by atoms with van der Waals surface area (Å²) >= 11 is 0. The number of cyclic esters (lactones) is 1. The summed E-state index contributed by atoms with van der Waals surface area (Å²) in [7, 11) is 0. The van der Waals surface area contributed by atoms with Crippen LogP contribution in [0, 0.1) is 5.92 Å². The van der Waals surface area contributed by atoms with E-state index in [0.717, 1.165) is 43.6 Å². The number of ether oxygens (including phenoxy) is 1. The smallest absolute Gasteiger partial charge is 0.410 e.